The summed E-state index contributed by atoms with van der Waals surface area (Å²) in [4.78, 5) is 0. The van der Waals surface area contributed by atoms with E-state index in [1.54, 1.807) is 6.08 Å². The fourth-order valence-corrected chi connectivity index (χ4v) is 2.13. The number of rotatable bonds is 14. The van der Waals surface area contributed by atoms with Crippen molar-refractivity contribution in [2.24, 2.45) is 5.73 Å². The number of unbranched alkanes of at least 4 members (excludes halogenated alkanes) is 8. The monoisotopic (exact) mass is 297 g/mol. The SMILES string of the molecule is CCCCCCCCC/C=C/CC/C=C\[C@@H](O)[C@@H](N)CO. The van der Waals surface area contributed by atoms with Crippen LogP contribution in [0.25, 0.3) is 0 Å². The summed E-state index contributed by atoms with van der Waals surface area (Å²) in [7, 11) is 0. The largest absolute Gasteiger partial charge is 0.395 e. The highest BCUT2D eigenvalue weighted by molar-refractivity contribution is 4.95. The molecule has 0 rings (SSSR count). The third-order valence-corrected chi connectivity index (χ3v) is 3.62. The minimum Gasteiger partial charge on any atom is -0.395 e. The first-order valence-corrected chi connectivity index (χ1v) is 8.58. The molecule has 0 fully saturated rings. The maximum atomic E-state index is 9.51. The first-order chi connectivity index (χ1) is 10.2. The van der Waals surface area contributed by atoms with Crippen molar-refractivity contribution < 1.29 is 10.2 Å². The van der Waals surface area contributed by atoms with E-state index in [9.17, 15) is 5.11 Å². The first-order valence-electron chi connectivity index (χ1n) is 8.58. The lowest BCUT2D eigenvalue weighted by molar-refractivity contribution is 0.144. The van der Waals surface area contributed by atoms with Crippen LogP contribution in [0.3, 0.4) is 0 Å². The molecule has 0 bridgehead atoms. The van der Waals surface area contributed by atoms with Crippen LogP contribution in [0.2, 0.25) is 0 Å². The molecule has 0 amide bonds. The molecule has 4 N–H and O–H groups in total. The molecule has 0 heterocycles. The van der Waals surface area contributed by atoms with Crippen LogP contribution in [0.5, 0.6) is 0 Å². The van der Waals surface area contributed by atoms with Crippen LogP contribution >= 0.6 is 0 Å². The zero-order valence-corrected chi connectivity index (χ0v) is 13.7. The van der Waals surface area contributed by atoms with E-state index in [0.29, 0.717) is 0 Å². The number of hydrogen-bond donors (Lipinski definition) is 3. The molecule has 0 radical (unpaired) electrons. The van der Waals surface area contributed by atoms with Gasteiger partial charge in [0, 0.05) is 0 Å². The maximum Gasteiger partial charge on any atom is 0.0894 e. The van der Waals surface area contributed by atoms with Crippen molar-refractivity contribution in [1.29, 1.82) is 0 Å². The molecule has 0 aliphatic carbocycles. The van der Waals surface area contributed by atoms with E-state index < -0.39 is 12.1 Å². The molecule has 0 spiro atoms. The standard InChI is InChI=1S/C18H35NO2/c1-2-3-4-5-6-7-8-9-10-11-12-13-14-15-18(21)17(19)16-20/h10-11,14-15,17-18,20-21H,2-9,12-13,16,19H2,1H3/b11-10+,15-14-/t17-,18+/m0/s1. The van der Waals surface area contributed by atoms with Crippen LogP contribution in [-0.2, 0) is 0 Å². The predicted octanol–water partition coefficient (Wildman–Crippen LogP) is 3.70. The second kappa shape index (κ2) is 15.7. The Bertz CT molecular complexity index is 264. The van der Waals surface area contributed by atoms with Crippen molar-refractivity contribution in [3.05, 3.63) is 24.3 Å². The fourth-order valence-electron chi connectivity index (χ4n) is 2.13. The molecule has 0 aliphatic rings. The molecule has 0 aromatic carbocycles. The highest BCUT2D eigenvalue weighted by Crippen LogP contribution is 2.09. The van der Waals surface area contributed by atoms with Gasteiger partial charge in [0.15, 0.2) is 0 Å². The molecule has 0 unspecified atom stereocenters. The molecule has 0 aromatic rings. The Morgan fingerprint density at radius 2 is 1.43 bits per heavy atom. The van der Waals surface area contributed by atoms with Gasteiger partial charge in [-0.25, -0.2) is 0 Å². The molecule has 0 saturated heterocycles. The Hall–Kier alpha value is -0.640. The van der Waals surface area contributed by atoms with E-state index in [-0.39, 0.29) is 6.61 Å². The molecule has 3 heteroatoms. The highest BCUT2D eigenvalue weighted by Gasteiger charge is 2.08. The highest BCUT2D eigenvalue weighted by atomic mass is 16.3. The van der Waals surface area contributed by atoms with Crippen molar-refractivity contribution in [3.8, 4) is 0 Å². The van der Waals surface area contributed by atoms with Gasteiger partial charge in [-0.3, -0.25) is 0 Å². The van der Waals surface area contributed by atoms with Gasteiger partial charge in [0.05, 0.1) is 18.8 Å². The summed E-state index contributed by atoms with van der Waals surface area (Å²) in [5.41, 5.74) is 5.50. The number of hydrogen-bond acceptors (Lipinski definition) is 3. The third-order valence-electron chi connectivity index (χ3n) is 3.62. The Kier molecular flexibility index (Phi) is 15.3. The number of aliphatic hydroxyl groups is 2. The first kappa shape index (κ1) is 20.4. The quantitative estimate of drug-likeness (QED) is 0.338. The Labute approximate surface area is 130 Å². The summed E-state index contributed by atoms with van der Waals surface area (Å²) < 4.78 is 0. The van der Waals surface area contributed by atoms with Gasteiger partial charge in [-0.15, -0.1) is 0 Å². The zero-order chi connectivity index (χ0) is 15.8. The van der Waals surface area contributed by atoms with Crippen molar-refractivity contribution in [2.45, 2.75) is 83.3 Å². The Morgan fingerprint density at radius 1 is 0.857 bits per heavy atom. The van der Waals surface area contributed by atoms with E-state index in [0.717, 1.165) is 12.8 Å². The summed E-state index contributed by atoms with van der Waals surface area (Å²) >= 11 is 0. The van der Waals surface area contributed by atoms with Crippen molar-refractivity contribution >= 4 is 0 Å². The van der Waals surface area contributed by atoms with Crippen LogP contribution in [0.15, 0.2) is 24.3 Å². The molecule has 21 heavy (non-hydrogen) atoms. The van der Waals surface area contributed by atoms with Crippen LogP contribution in [0, 0.1) is 0 Å². The van der Waals surface area contributed by atoms with Gasteiger partial charge in [-0.2, -0.15) is 0 Å². The van der Waals surface area contributed by atoms with E-state index in [4.69, 9.17) is 10.8 Å². The van der Waals surface area contributed by atoms with Gasteiger partial charge in [0.2, 0.25) is 0 Å². The number of nitrogens with two attached hydrogens (primary N) is 1. The third kappa shape index (κ3) is 14.1. The van der Waals surface area contributed by atoms with Gasteiger partial charge < -0.3 is 15.9 Å². The summed E-state index contributed by atoms with van der Waals surface area (Å²) in [5.74, 6) is 0. The van der Waals surface area contributed by atoms with E-state index >= 15 is 0 Å². The molecular weight excluding hydrogens is 262 g/mol. The average Bonchev–Trinajstić information content (AvgIpc) is 2.50. The molecule has 0 aliphatic heterocycles. The average molecular weight is 297 g/mol. The molecular formula is C18H35NO2. The van der Waals surface area contributed by atoms with Gasteiger partial charge >= 0.3 is 0 Å². The van der Waals surface area contributed by atoms with Gasteiger partial charge in [0.1, 0.15) is 0 Å². The Morgan fingerprint density at radius 3 is 2.10 bits per heavy atom. The van der Waals surface area contributed by atoms with E-state index in [1.165, 1.54) is 51.4 Å². The minimum atomic E-state index is -0.744. The topological polar surface area (TPSA) is 66.5 Å². The second-order valence-corrected chi connectivity index (χ2v) is 5.72. The van der Waals surface area contributed by atoms with E-state index in [2.05, 4.69) is 19.1 Å². The maximum absolute atomic E-state index is 9.51. The zero-order valence-electron chi connectivity index (χ0n) is 13.7. The number of aliphatic hydroxyl groups excluding tert-OH is 2. The summed E-state index contributed by atoms with van der Waals surface area (Å²) in [5, 5.41) is 18.3. The normalized spacial score (nSPS) is 15.0. The van der Waals surface area contributed by atoms with Crippen molar-refractivity contribution in [3.63, 3.8) is 0 Å². The lowest BCUT2D eigenvalue weighted by atomic mass is 10.1. The smallest absolute Gasteiger partial charge is 0.0894 e. The lowest BCUT2D eigenvalue weighted by Crippen LogP contribution is -2.36. The van der Waals surface area contributed by atoms with Crippen LogP contribution in [0.4, 0.5) is 0 Å². The van der Waals surface area contributed by atoms with Crippen LogP contribution < -0.4 is 5.73 Å². The Balaban J connectivity index is 3.35. The van der Waals surface area contributed by atoms with Crippen LogP contribution in [-0.4, -0.2) is 29.0 Å². The van der Waals surface area contributed by atoms with E-state index in [1.807, 2.05) is 6.08 Å². The summed E-state index contributed by atoms with van der Waals surface area (Å²) in [6.07, 6.45) is 19.9. The molecule has 3 nitrogen and oxygen atoms in total. The van der Waals surface area contributed by atoms with Crippen molar-refractivity contribution in [2.75, 3.05) is 6.61 Å². The van der Waals surface area contributed by atoms with Crippen molar-refractivity contribution in [1.82, 2.24) is 0 Å². The molecule has 0 saturated carbocycles. The summed E-state index contributed by atoms with van der Waals surface area (Å²) in [6.45, 7) is 2.06. The molecule has 124 valence electrons. The molecule has 2 atom stereocenters. The van der Waals surface area contributed by atoms with Crippen LogP contribution in [0.1, 0.15) is 71.1 Å². The molecule has 0 aromatic heterocycles. The van der Waals surface area contributed by atoms with Gasteiger partial charge in [-0.05, 0) is 25.7 Å². The predicted molar refractivity (Wildman–Crippen MR) is 91.2 cm³/mol. The minimum absolute atomic E-state index is 0.191. The lowest BCUT2D eigenvalue weighted by Gasteiger charge is -2.11. The van der Waals surface area contributed by atoms with Gasteiger partial charge in [-0.1, -0.05) is 69.8 Å². The van der Waals surface area contributed by atoms with Gasteiger partial charge in [0.25, 0.3) is 0 Å². The fraction of sp³-hybridized carbons (Fsp3) is 0.778. The number of allylic oxidation sites excluding steroid dienone is 3. The summed E-state index contributed by atoms with van der Waals surface area (Å²) in [6, 6.07) is -0.575. The second-order valence-electron chi connectivity index (χ2n) is 5.72.